The van der Waals surface area contributed by atoms with Crippen molar-refractivity contribution >= 4 is 18.0 Å². The van der Waals surface area contributed by atoms with E-state index in [-0.39, 0.29) is 18.0 Å². The van der Waals surface area contributed by atoms with Crippen LogP contribution in [0.15, 0.2) is 18.2 Å². The molecule has 0 fully saturated rings. The second kappa shape index (κ2) is 7.94. The van der Waals surface area contributed by atoms with Gasteiger partial charge in [0.2, 0.25) is 0 Å². The van der Waals surface area contributed by atoms with E-state index in [9.17, 15) is 9.59 Å². The number of hydrogen-bond donors (Lipinski definition) is 1. The molecule has 0 atom stereocenters. The van der Waals surface area contributed by atoms with Crippen LogP contribution in [0.2, 0.25) is 0 Å². The lowest BCUT2D eigenvalue weighted by molar-refractivity contribution is -0.142. The van der Waals surface area contributed by atoms with E-state index in [0.717, 1.165) is 0 Å². The third kappa shape index (κ3) is 4.52. The van der Waals surface area contributed by atoms with Gasteiger partial charge in [0, 0.05) is 0 Å². The molecule has 0 aromatic heterocycles. The molecule has 0 saturated carbocycles. The number of carboxylic acids is 1. The molecule has 1 N–H and O–H groups in total. The molecule has 0 radical (unpaired) electrons. The monoisotopic (exact) mass is 294 g/mol. The molecule has 0 aliphatic heterocycles. The molecule has 0 saturated heterocycles. The van der Waals surface area contributed by atoms with Crippen molar-refractivity contribution in [1.29, 1.82) is 0 Å². The molecule has 114 valence electrons. The first-order chi connectivity index (χ1) is 10.0. The van der Waals surface area contributed by atoms with Gasteiger partial charge in [-0.2, -0.15) is 0 Å². The van der Waals surface area contributed by atoms with Gasteiger partial charge in [-0.25, -0.2) is 4.79 Å². The van der Waals surface area contributed by atoms with Gasteiger partial charge in [0.1, 0.15) is 11.5 Å². The van der Waals surface area contributed by atoms with E-state index in [1.54, 1.807) is 19.1 Å². The number of carbonyl (C=O) groups is 2. The lowest BCUT2D eigenvalue weighted by Gasteiger charge is -2.11. The Hall–Kier alpha value is -2.50. The third-order valence-electron chi connectivity index (χ3n) is 2.67. The maximum absolute atomic E-state index is 11.3. The van der Waals surface area contributed by atoms with Crippen LogP contribution < -0.4 is 9.47 Å². The molecule has 21 heavy (non-hydrogen) atoms. The Bertz CT molecular complexity index is 522. The smallest absolute Gasteiger partial charge is 0.335 e. The second-order valence-corrected chi connectivity index (χ2v) is 4.01. The Labute approximate surface area is 122 Å². The van der Waals surface area contributed by atoms with Crippen molar-refractivity contribution in [2.75, 3.05) is 20.8 Å². The van der Waals surface area contributed by atoms with Crippen molar-refractivity contribution in [1.82, 2.24) is 0 Å². The number of benzene rings is 1. The van der Waals surface area contributed by atoms with Crippen molar-refractivity contribution in [3.05, 3.63) is 29.3 Å². The highest BCUT2D eigenvalue weighted by Crippen LogP contribution is 2.32. The topological polar surface area (TPSA) is 82.1 Å². The molecule has 0 bridgehead atoms. The summed E-state index contributed by atoms with van der Waals surface area (Å²) >= 11 is 0. The first-order valence-corrected chi connectivity index (χ1v) is 6.35. The molecule has 0 amide bonds. The van der Waals surface area contributed by atoms with Crippen LogP contribution in [0.5, 0.6) is 11.5 Å². The normalized spacial score (nSPS) is 10.4. The van der Waals surface area contributed by atoms with E-state index in [1.807, 2.05) is 0 Å². The van der Waals surface area contributed by atoms with E-state index >= 15 is 0 Å². The highest BCUT2D eigenvalue weighted by Gasteiger charge is 2.14. The van der Waals surface area contributed by atoms with Gasteiger partial charge in [0.05, 0.1) is 38.4 Å². The average Bonchev–Trinajstić information content (AvgIpc) is 2.47. The van der Waals surface area contributed by atoms with Crippen LogP contribution in [-0.4, -0.2) is 37.9 Å². The maximum atomic E-state index is 11.3. The van der Waals surface area contributed by atoms with Crippen LogP contribution in [0.1, 0.15) is 29.3 Å². The summed E-state index contributed by atoms with van der Waals surface area (Å²) in [5, 5.41) is 9.03. The maximum Gasteiger partial charge on any atom is 0.335 e. The lowest BCUT2D eigenvalue weighted by atomic mass is 10.1. The Morgan fingerprint density at radius 2 is 1.76 bits per heavy atom. The summed E-state index contributed by atoms with van der Waals surface area (Å²) in [6.45, 7) is 2.06. The first kappa shape index (κ1) is 16.6. The minimum Gasteiger partial charge on any atom is -0.496 e. The van der Waals surface area contributed by atoms with Crippen LogP contribution >= 0.6 is 0 Å². The van der Waals surface area contributed by atoms with Crippen LogP contribution in [-0.2, 0) is 9.53 Å². The van der Waals surface area contributed by atoms with Crippen molar-refractivity contribution in [2.24, 2.45) is 0 Å². The van der Waals surface area contributed by atoms with Gasteiger partial charge in [-0.1, -0.05) is 12.2 Å². The molecule has 0 aliphatic rings. The fourth-order valence-corrected chi connectivity index (χ4v) is 1.72. The lowest BCUT2D eigenvalue weighted by Crippen LogP contribution is -2.02. The van der Waals surface area contributed by atoms with Gasteiger partial charge in [0.15, 0.2) is 0 Å². The van der Waals surface area contributed by atoms with Crippen molar-refractivity contribution in [3.63, 3.8) is 0 Å². The molecule has 0 unspecified atom stereocenters. The van der Waals surface area contributed by atoms with Gasteiger partial charge < -0.3 is 19.3 Å². The van der Waals surface area contributed by atoms with Crippen LogP contribution in [0, 0.1) is 0 Å². The van der Waals surface area contributed by atoms with E-state index < -0.39 is 5.97 Å². The Morgan fingerprint density at radius 1 is 1.19 bits per heavy atom. The third-order valence-corrected chi connectivity index (χ3v) is 2.67. The summed E-state index contributed by atoms with van der Waals surface area (Å²) in [6, 6.07) is 2.80. The predicted molar refractivity (Wildman–Crippen MR) is 76.8 cm³/mol. The zero-order valence-corrected chi connectivity index (χ0v) is 12.2. The molecule has 0 spiro atoms. The molecule has 0 aliphatic carbocycles. The number of ether oxygens (including phenoxy) is 3. The van der Waals surface area contributed by atoms with Gasteiger partial charge in [-0.05, 0) is 19.1 Å². The van der Waals surface area contributed by atoms with Crippen molar-refractivity contribution in [2.45, 2.75) is 13.3 Å². The molecular weight excluding hydrogens is 276 g/mol. The zero-order valence-electron chi connectivity index (χ0n) is 12.2. The quantitative estimate of drug-likeness (QED) is 0.777. The number of esters is 1. The summed E-state index contributed by atoms with van der Waals surface area (Å²) in [4.78, 5) is 22.3. The number of rotatable bonds is 7. The van der Waals surface area contributed by atoms with Crippen LogP contribution in [0.3, 0.4) is 0 Å². The van der Waals surface area contributed by atoms with Crippen LogP contribution in [0.25, 0.3) is 6.08 Å². The number of hydrogen-bond acceptors (Lipinski definition) is 5. The van der Waals surface area contributed by atoms with E-state index in [2.05, 4.69) is 0 Å². The summed E-state index contributed by atoms with van der Waals surface area (Å²) < 4.78 is 15.2. The van der Waals surface area contributed by atoms with E-state index in [4.69, 9.17) is 19.3 Å². The number of aromatic carboxylic acids is 1. The van der Waals surface area contributed by atoms with Gasteiger partial charge in [-0.15, -0.1) is 0 Å². The molecule has 6 heteroatoms. The van der Waals surface area contributed by atoms with Crippen molar-refractivity contribution < 1.29 is 28.9 Å². The number of carbonyl (C=O) groups excluding carboxylic acids is 1. The Balaban J connectivity index is 3.07. The van der Waals surface area contributed by atoms with Gasteiger partial charge >= 0.3 is 11.9 Å². The minimum atomic E-state index is -1.08. The highest BCUT2D eigenvalue weighted by molar-refractivity contribution is 5.90. The Kier molecular flexibility index (Phi) is 6.26. The van der Waals surface area contributed by atoms with Crippen LogP contribution in [0.4, 0.5) is 0 Å². The number of carboxylic acid groups (broad SMARTS) is 1. The molecular formula is C15H18O6. The fourth-order valence-electron chi connectivity index (χ4n) is 1.72. The Morgan fingerprint density at radius 3 is 2.19 bits per heavy atom. The minimum absolute atomic E-state index is 0.0613. The van der Waals surface area contributed by atoms with Gasteiger partial charge in [-0.3, -0.25) is 4.79 Å². The predicted octanol–water partition coefficient (Wildman–Crippen LogP) is 2.37. The molecule has 1 aromatic rings. The second-order valence-electron chi connectivity index (χ2n) is 4.01. The SMILES string of the molecule is CCOC(=O)CC=Cc1c(OC)cc(C(=O)O)cc1OC. The van der Waals surface area contributed by atoms with E-state index in [0.29, 0.717) is 23.7 Å². The summed E-state index contributed by atoms with van der Waals surface area (Å²) in [5.74, 6) is -0.707. The van der Waals surface area contributed by atoms with Gasteiger partial charge in [0.25, 0.3) is 0 Å². The molecule has 1 rings (SSSR count). The molecule has 6 nitrogen and oxygen atoms in total. The summed E-state index contributed by atoms with van der Waals surface area (Å²) in [7, 11) is 2.87. The molecule has 1 aromatic carbocycles. The molecule has 0 heterocycles. The van der Waals surface area contributed by atoms with E-state index in [1.165, 1.54) is 26.4 Å². The summed E-state index contributed by atoms with van der Waals surface area (Å²) in [5.41, 5.74) is 0.626. The highest BCUT2D eigenvalue weighted by atomic mass is 16.5. The summed E-state index contributed by atoms with van der Waals surface area (Å²) in [6.07, 6.45) is 3.36. The fraction of sp³-hybridized carbons (Fsp3) is 0.333. The average molecular weight is 294 g/mol. The standard InChI is InChI=1S/C15H18O6/c1-4-21-14(16)7-5-6-11-12(19-2)8-10(15(17)18)9-13(11)20-3/h5-6,8-9H,4,7H2,1-3H3,(H,17,18). The number of methoxy groups -OCH3 is 2. The zero-order chi connectivity index (χ0) is 15.8. The van der Waals surface area contributed by atoms with Crippen molar-refractivity contribution in [3.8, 4) is 11.5 Å². The first-order valence-electron chi connectivity index (χ1n) is 6.35. The largest absolute Gasteiger partial charge is 0.496 e.